The highest BCUT2D eigenvalue weighted by Gasteiger charge is 2.50. The first-order valence-electron chi connectivity index (χ1n) is 10.9. The van der Waals surface area contributed by atoms with Gasteiger partial charge < -0.3 is 9.67 Å². The van der Waals surface area contributed by atoms with Crippen molar-refractivity contribution < 1.29 is 23.1 Å². The van der Waals surface area contributed by atoms with Crippen LogP contribution >= 0.6 is 0 Å². The number of aliphatic hydroxyl groups is 1. The molecular formula is C23H29F3N2O2. The second-order valence-electron chi connectivity index (χ2n) is 9.52. The number of fused-ring (bicyclic) bond motifs is 1. The molecule has 30 heavy (non-hydrogen) atoms. The smallest absolute Gasteiger partial charge is 0.239 e. The van der Waals surface area contributed by atoms with Crippen LogP contribution < -0.4 is 0 Å². The molecule has 0 aliphatic heterocycles. The summed E-state index contributed by atoms with van der Waals surface area (Å²) in [4.78, 5) is 17.0. The molecule has 1 aromatic carbocycles. The van der Waals surface area contributed by atoms with Crippen molar-refractivity contribution in [3.8, 4) is 0 Å². The third kappa shape index (κ3) is 4.01. The number of carbonyl (C=O) groups excluding carboxylic acids is 1. The lowest BCUT2D eigenvalue weighted by atomic mass is 9.91. The van der Waals surface area contributed by atoms with Gasteiger partial charge in [-0.05, 0) is 70.1 Å². The van der Waals surface area contributed by atoms with Crippen LogP contribution in [0, 0.1) is 11.2 Å². The number of nitrogens with zero attached hydrogens (tertiary/aromatic N) is 2. The fraction of sp³-hybridized carbons (Fsp3) is 0.652. The van der Waals surface area contributed by atoms with Crippen LogP contribution in [0.1, 0.15) is 82.6 Å². The van der Waals surface area contributed by atoms with Crippen LogP contribution in [0.3, 0.4) is 0 Å². The summed E-state index contributed by atoms with van der Waals surface area (Å²) in [6, 6.07) is 3.38. The maximum absolute atomic E-state index is 14.8. The Balaban J connectivity index is 1.56. The molecule has 0 amide bonds. The Morgan fingerprint density at radius 1 is 1.33 bits per heavy atom. The van der Waals surface area contributed by atoms with E-state index in [0.29, 0.717) is 36.8 Å². The third-order valence-corrected chi connectivity index (χ3v) is 6.76. The van der Waals surface area contributed by atoms with Crippen molar-refractivity contribution in [2.45, 2.75) is 89.7 Å². The lowest BCUT2D eigenvalue weighted by molar-refractivity contribution is -0.125. The van der Waals surface area contributed by atoms with Crippen LogP contribution in [-0.2, 0) is 16.8 Å². The summed E-state index contributed by atoms with van der Waals surface area (Å²) < 4.78 is 42.4. The molecule has 2 aromatic rings. The van der Waals surface area contributed by atoms with Gasteiger partial charge in [0.25, 0.3) is 0 Å². The molecule has 0 atom stereocenters. The number of Topliss-reactive ketones (excluding diaryl/α,β-unsaturated/α-hetero) is 1. The van der Waals surface area contributed by atoms with Gasteiger partial charge in [0.2, 0.25) is 6.43 Å². The maximum Gasteiger partial charge on any atom is 0.239 e. The van der Waals surface area contributed by atoms with Gasteiger partial charge in [0.1, 0.15) is 17.1 Å². The van der Waals surface area contributed by atoms with Crippen molar-refractivity contribution >= 4 is 16.8 Å². The second kappa shape index (κ2) is 7.66. The van der Waals surface area contributed by atoms with Gasteiger partial charge in [0.15, 0.2) is 5.82 Å². The maximum atomic E-state index is 14.8. The van der Waals surface area contributed by atoms with Crippen LogP contribution in [0.2, 0.25) is 0 Å². The molecule has 7 heteroatoms. The average Bonchev–Trinajstić information content (AvgIpc) is 3.29. The Hall–Kier alpha value is -1.89. The fourth-order valence-electron chi connectivity index (χ4n) is 4.50. The molecule has 164 valence electrons. The zero-order valence-electron chi connectivity index (χ0n) is 17.6. The van der Waals surface area contributed by atoms with E-state index in [0.717, 1.165) is 25.1 Å². The molecule has 2 aliphatic carbocycles. The van der Waals surface area contributed by atoms with Gasteiger partial charge in [-0.2, -0.15) is 0 Å². The minimum absolute atomic E-state index is 0.0791. The second-order valence-corrected chi connectivity index (χ2v) is 9.52. The molecule has 4 rings (SSSR count). The average molecular weight is 422 g/mol. The summed E-state index contributed by atoms with van der Waals surface area (Å²) in [6.45, 7) is 3.24. The van der Waals surface area contributed by atoms with Crippen LogP contribution in [0.15, 0.2) is 12.1 Å². The highest BCUT2D eigenvalue weighted by atomic mass is 19.3. The largest absolute Gasteiger partial charge is 0.386 e. The van der Waals surface area contributed by atoms with E-state index in [9.17, 15) is 23.1 Å². The number of hydrogen-bond acceptors (Lipinski definition) is 3. The number of imidazole rings is 1. The first-order chi connectivity index (χ1) is 14.1. The van der Waals surface area contributed by atoms with Crippen molar-refractivity contribution in [2.75, 3.05) is 0 Å². The first kappa shape index (κ1) is 21.3. The molecular weight excluding hydrogens is 393 g/mol. The Bertz CT molecular complexity index is 953. The number of carbonyl (C=O) groups is 1. The van der Waals surface area contributed by atoms with Gasteiger partial charge in [0.05, 0.1) is 11.1 Å². The fourth-order valence-corrected chi connectivity index (χ4v) is 4.50. The number of alkyl halides is 2. The lowest BCUT2D eigenvalue weighted by Crippen LogP contribution is -2.21. The predicted octanol–water partition coefficient (Wildman–Crippen LogP) is 5.46. The third-order valence-electron chi connectivity index (χ3n) is 6.76. The highest BCUT2D eigenvalue weighted by molar-refractivity contribution is 5.87. The number of aryl methyl sites for hydroxylation is 1. The number of rotatable bonds is 9. The van der Waals surface area contributed by atoms with E-state index in [4.69, 9.17) is 0 Å². The molecule has 0 radical (unpaired) electrons. The Labute approximate surface area is 174 Å². The van der Waals surface area contributed by atoms with Gasteiger partial charge in [-0.15, -0.1) is 0 Å². The van der Waals surface area contributed by atoms with E-state index in [1.807, 2.05) is 0 Å². The van der Waals surface area contributed by atoms with Crippen molar-refractivity contribution in [1.29, 1.82) is 0 Å². The molecule has 0 unspecified atom stereocenters. The van der Waals surface area contributed by atoms with E-state index in [-0.39, 0.29) is 30.2 Å². The summed E-state index contributed by atoms with van der Waals surface area (Å²) in [5.74, 6) is 0.187. The molecule has 2 fully saturated rings. The Morgan fingerprint density at radius 3 is 2.57 bits per heavy atom. The lowest BCUT2D eigenvalue weighted by Gasteiger charge is -2.29. The monoisotopic (exact) mass is 422 g/mol. The summed E-state index contributed by atoms with van der Waals surface area (Å²) in [5.41, 5.74) is -0.519. The molecule has 0 saturated heterocycles. The van der Waals surface area contributed by atoms with E-state index in [2.05, 4.69) is 9.55 Å². The number of aromatic nitrogens is 2. The van der Waals surface area contributed by atoms with E-state index >= 15 is 0 Å². The summed E-state index contributed by atoms with van der Waals surface area (Å²) in [5, 5.41) is 10.3. The Morgan fingerprint density at radius 2 is 2.03 bits per heavy atom. The molecule has 1 heterocycles. The summed E-state index contributed by atoms with van der Waals surface area (Å²) >= 11 is 0. The molecule has 2 aliphatic rings. The van der Waals surface area contributed by atoms with Crippen molar-refractivity contribution in [2.24, 2.45) is 5.41 Å². The van der Waals surface area contributed by atoms with Crippen molar-refractivity contribution in [1.82, 2.24) is 9.55 Å². The van der Waals surface area contributed by atoms with Gasteiger partial charge >= 0.3 is 0 Å². The molecule has 0 bridgehead atoms. The van der Waals surface area contributed by atoms with Crippen LogP contribution in [0.4, 0.5) is 13.2 Å². The molecule has 4 nitrogen and oxygen atoms in total. The van der Waals surface area contributed by atoms with Gasteiger partial charge in [-0.3, -0.25) is 4.79 Å². The van der Waals surface area contributed by atoms with Crippen molar-refractivity contribution in [3.05, 3.63) is 29.3 Å². The van der Waals surface area contributed by atoms with Gasteiger partial charge in [0, 0.05) is 30.7 Å². The quantitative estimate of drug-likeness (QED) is 0.584. The highest BCUT2D eigenvalue weighted by Crippen LogP contribution is 2.52. The number of hydrogen-bond donors (Lipinski definition) is 1. The predicted molar refractivity (Wildman–Crippen MR) is 108 cm³/mol. The van der Waals surface area contributed by atoms with Gasteiger partial charge in [-0.25, -0.2) is 18.2 Å². The number of benzene rings is 1. The zero-order chi connectivity index (χ0) is 21.7. The molecule has 2 saturated carbocycles. The normalized spacial score (nSPS) is 18.8. The number of halogens is 3. The summed E-state index contributed by atoms with van der Waals surface area (Å²) in [6.07, 6.45) is 2.67. The Kier molecular flexibility index (Phi) is 5.45. The van der Waals surface area contributed by atoms with Crippen LogP contribution in [-0.4, -0.2) is 26.9 Å². The molecule has 1 aromatic heterocycles. The molecule has 0 spiro atoms. The van der Waals surface area contributed by atoms with Crippen LogP contribution in [0.25, 0.3) is 11.0 Å². The van der Waals surface area contributed by atoms with Crippen molar-refractivity contribution in [3.63, 3.8) is 0 Å². The number of ketones is 1. The standard InChI is InChI=1S/C23H29F3N2O2/c1-22(2,30)14-11-16(24)21-17(12-14)28(15-5-3-6-15)20(27-21)8-4-7-18(29)23(9-10-23)13-19(25)26/h11-12,15,19,30H,3-10,13H2,1-2H3. The van der Waals surface area contributed by atoms with E-state index in [1.54, 1.807) is 19.9 Å². The SMILES string of the molecule is CC(C)(O)c1cc(F)c2nc(CCCC(=O)C3(CC(F)F)CC3)n(C3CCC3)c2c1. The summed E-state index contributed by atoms with van der Waals surface area (Å²) in [7, 11) is 0. The van der Waals surface area contributed by atoms with E-state index < -0.39 is 23.3 Å². The topological polar surface area (TPSA) is 55.1 Å². The first-order valence-corrected chi connectivity index (χ1v) is 10.9. The molecule has 1 N–H and O–H groups in total. The van der Waals surface area contributed by atoms with E-state index in [1.165, 1.54) is 6.07 Å². The zero-order valence-corrected chi connectivity index (χ0v) is 17.6. The van der Waals surface area contributed by atoms with Crippen LogP contribution in [0.5, 0.6) is 0 Å². The minimum atomic E-state index is -2.45. The van der Waals surface area contributed by atoms with Gasteiger partial charge in [-0.1, -0.05) is 0 Å². The minimum Gasteiger partial charge on any atom is -0.386 e.